The van der Waals surface area contributed by atoms with Crippen LogP contribution in [0.3, 0.4) is 0 Å². The lowest BCUT2D eigenvalue weighted by Crippen LogP contribution is -2.29. The maximum absolute atomic E-state index is 12.4. The van der Waals surface area contributed by atoms with Gasteiger partial charge in [-0.15, -0.1) is 0 Å². The number of fused-ring (bicyclic) bond motifs is 1. The molecule has 1 amide bonds. The fourth-order valence-corrected chi connectivity index (χ4v) is 3.42. The van der Waals surface area contributed by atoms with Gasteiger partial charge in [0.15, 0.2) is 0 Å². The number of likely N-dealkylation sites (tertiary alicyclic amines) is 1. The third-order valence-electron chi connectivity index (χ3n) is 4.46. The van der Waals surface area contributed by atoms with Crippen molar-refractivity contribution in [3.8, 4) is 5.75 Å². The number of rotatable bonds is 2. The summed E-state index contributed by atoms with van der Waals surface area (Å²) in [7, 11) is 0. The Kier molecular flexibility index (Phi) is 3.08. The zero-order chi connectivity index (χ0) is 14.3. The number of carbonyl (C=O) groups excluding carboxylic acids is 1. The molecule has 2 aliphatic rings. The van der Waals surface area contributed by atoms with Crippen molar-refractivity contribution in [2.75, 3.05) is 13.1 Å². The fourth-order valence-electron chi connectivity index (χ4n) is 3.42. The topological polar surface area (TPSA) is 83.7 Å². The quantitative estimate of drug-likeness (QED) is 0.662. The first-order valence-corrected chi connectivity index (χ1v) is 6.83. The van der Waals surface area contributed by atoms with E-state index in [0.29, 0.717) is 24.9 Å². The summed E-state index contributed by atoms with van der Waals surface area (Å²) in [6.07, 6.45) is 3.52. The standard InChI is InChI=1S/C14H16N2O4/c17-13-11(5-2-6-12(13)16(19)20)14(18)15-7-9-3-1-4-10(9)8-15/h2,5-6,9-10,17H,1,3-4,7-8H2. The lowest BCUT2D eigenvalue weighted by Gasteiger charge is -2.17. The van der Waals surface area contributed by atoms with Crippen LogP contribution in [-0.4, -0.2) is 33.9 Å². The summed E-state index contributed by atoms with van der Waals surface area (Å²) in [5, 5.41) is 20.7. The van der Waals surface area contributed by atoms with Gasteiger partial charge in [-0.1, -0.05) is 12.5 Å². The minimum atomic E-state index is -0.676. The molecule has 106 valence electrons. The zero-order valence-corrected chi connectivity index (χ0v) is 11.0. The monoisotopic (exact) mass is 276 g/mol. The molecule has 0 spiro atoms. The number of nitro groups is 1. The van der Waals surface area contributed by atoms with Gasteiger partial charge in [0.25, 0.3) is 5.91 Å². The molecule has 6 heteroatoms. The van der Waals surface area contributed by atoms with Gasteiger partial charge in [0.05, 0.1) is 10.5 Å². The number of nitrogens with zero attached hydrogens (tertiary/aromatic N) is 2. The summed E-state index contributed by atoms with van der Waals surface area (Å²) < 4.78 is 0. The maximum atomic E-state index is 12.4. The van der Waals surface area contributed by atoms with Crippen molar-refractivity contribution in [1.82, 2.24) is 4.90 Å². The van der Waals surface area contributed by atoms with Crippen LogP contribution in [0.2, 0.25) is 0 Å². The molecular weight excluding hydrogens is 260 g/mol. The normalized spacial score (nSPS) is 24.7. The minimum Gasteiger partial charge on any atom is -0.502 e. The SMILES string of the molecule is O=C(c1cccc([N+](=O)[O-])c1O)N1CC2CCCC2C1. The third-order valence-corrected chi connectivity index (χ3v) is 4.46. The van der Waals surface area contributed by atoms with Gasteiger partial charge in [-0.3, -0.25) is 14.9 Å². The van der Waals surface area contributed by atoms with E-state index in [1.807, 2.05) is 0 Å². The highest BCUT2D eigenvalue weighted by Crippen LogP contribution is 2.39. The van der Waals surface area contributed by atoms with Gasteiger partial charge in [0.1, 0.15) is 0 Å². The first-order chi connectivity index (χ1) is 9.58. The first-order valence-electron chi connectivity index (χ1n) is 6.83. The van der Waals surface area contributed by atoms with Crippen molar-refractivity contribution in [2.45, 2.75) is 19.3 Å². The summed E-state index contributed by atoms with van der Waals surface area (Å²) in [6.45, 7) is 1.40. The Morgan fingerprint density at radius 2 is 1.95 bits per heavy atom. The summed E-state index contributed by atoms with van der Waals surface area (Å²) in [5.74, 6) is 0.278. The van der Waals surface area contributed by atoms with Crippen LogP contribution >= 0.6 is 0 Å². The molecule has 2 atom stereocenters. The predicted octanol–water partition coefficient (Wildman–Crippen LogP) is 2.17. The number of nitro benzene ring substituents is 1. The number of amides is 1. The second-order valence-electron chi connectivity index (χ2n) is 5.59. The summed E-state index contributed by atoms with van der Waals surface area (Å²) >= 11 is 0. The smallest absolute Gasteiger partial charge is 0.311 e. The molecule has 3 rings (SSSR count). The van der Waals surface area contributed by atoms with Crippen LogP contribution < -0.4 is 0 Å². The lowest BCUT2D eigenvalue weighted by atomic mass is 10.0. The number of para-hydroxylation sites is 1. The van der Waals surface area contributed by atoms with E-state index in [1.54, 1.807) is 4.90 Å². The molecule has 0 radical (unpaired) electrons. The fraction of sp³-hybridized carbons (Fsp3) is 0.500. The van der Waals surface area contributed by atoms with E-state index in [-0.39, 0.29) is 11.5 Å². The number of phenolic OH excluding ortho intramolecular Hbond substituents is 1. The van der Waals surface area contributed by atoms with E-state index >= 15 is 0 Å². The summed E-state index contributed by atoms with van der Waals surface area (Å²) in [4.78, 5) is 24.3. The molecule has 1 heterocycles. The number of hydrogen-bond donors (Lipinski definition) is 1. The molecule has 1 aromatic rings. The molecule has 0 bridgehead atoms. The van der Waals surface area contributed by atoms with Crippen LogP contribution in [0.25, 0.3) is 0 Å². The highest BCUT2D eigenvalue weighted by molar-refractivity contribution is 5.98. The second kappa shape index (κ2) is 4.77. The third kappa shape index (κ3) is 2.01. The van der Waals surface area contributed by atoms with Crippen molar-refractivity contribution < 1.29 is 14.8 Å². The molecular formula is C14H16N2O4. The Bertz CT molecular complexity index is 560. The Balaban J connectivity index is 1.85. The largest absolute Gasteiger partial charge is 0.502 e. The van der Waals surface area contributed by atoms with Crippen LogP contribution in [-0.2, 0) is 0 Å². The number of benzene rings is 1. The Morgan fingerprint density at radius 3 is 2.55 bits per heavy atom. The molecule has 2 fully saturated rings. The Hall–Kier alpha value is -2.11. The molecule has 1 aromatic carbocycles. The molecule has 0 aromatic heterocycles. The van der Waals surface area contributed by atoms with Crippen molar-refractivity contribution in [1.29, 1.82) is 0 Å². The molecule has 20 heavy (non-hydrogen) atoms. The average Bonchev–Trinajstić information content (AvgIpc) is 2.98. The number of carbonyl (C=O) groups is 1. The van der Waals surface area contributed by atoms with E-state index in [1.165, 1.54) is 24.6 Å². The Labute approximate surface area is 116 Å². The number of hydrogen-bond acceptors (Lipinski definition) is 4. The van der Waals surface area contributed by atoms with Gasteiger partial charge in [0, 0.05) is 19.2 Å². The van der Waals surface area contributed by atoms with Gasteiger partial charge >= 0.3 is 5.69 Å². The van der Waals surface area contributed by atoms with Crippen molar-refractivity contribution >= 4 is 11.6 Å². The van der Waals surface area contributed by atoms with E-state index in [9.17, 15) is 20.0 Å². The van der Waals surface area contributed by atoms with E-state index in [4.69, 9.17) is 0 Å². The van der Waals surface area contributed by atoms with E-state index in [2.05, 4.69) is 0 Å². The van der Waals surface area contributed by atoms with Crippen LogP contribution in [0.1, 0.15) is 29.6 Å². The van der Waals surface area contributed by atoms with Crippen molar-refractivity contribution in [3.05, 3.63) is 33.9 Å². The van der Waals surface area contributed by atoms with Gasteiger partial charge in [0.2, 0.25) is 5.75 Å². The summed E-state index contributed by atoms with van der Waals surface area (Å²) in [5.41, 5.74) is -0.394. The van der Waals surface area contributed by atoms with Gasteiger partial charge in [-0.2, -0.15) is 0 Å². The van der Waals surface area contributed by atoms with Crippen molar-refractivity contribution in [3.63, 3.8) is 0 Å². The summed E-state index contributed by atoms with van der Waals surface area (Å²) in [6, 6.07) is 4.07. The predicted molar refractivity (Wildman–Crippen MR) is 71.5 cm³/mol. The number of aromatic hydroxyl groups is 1. The highest BCUT2D eigenvalue weighted by Gasteiger charge is 2.39. The number of phenols is 1. The molecule has 1 N–H and O–H groups in total. The second-order valence-corrected chi connectivity index (χ2v) is 5.59. The first kappa shape index (κ1) is 12.9. The van der Waals surface area contributed by atoms with Crippen molar-refractivity contribution in [2.24, 2.45) is 11.8 Å². The van der Waals surface area contributed by atoms with E-state index in [0.717, 1.165) is 12.8 Å². The lowest BCUT2D eigenvalue weighted by molar-refractivity contribution is -0.385. The molecule has 6 nitrogen and oxygen atoms in total. The molecule has 1 saturated heterocycles. The molecule has 1 aliphatic carbocycles. The van der Waals surface area contributed by atoms with Gasteiger partial charge < -0.3 is 10.0 Å². The zero-order valence-electron chi connectivity index (χ0n) is 11.0. The molecule has 1 aliphatic heterocycles. The van der Waals surface area contributed by atoms with Crippen LogP contribution in [0.4, 0.5) is 5.69 Å². The van der Waals surface area contributed by atoms with Crippen LogP contribution in [0.15, 0.2) is 18.2 Å². The van der Waals surface area contributed by atoms with Gasteiger partial charge in [-0.05, 0) is 30.7 Å². The van der Waals surface area contributed by atoms with Crippen LogP contribution in [0, 0.1) is 22.0 Å². The molecule has 2 unspecified atom stereocenters. The molecule has 1 saturated carbocycles. The van der Waals surface area contributed by atoms with E-state index < -0.39 is 16.4 Å². The Morgan fingerprint density at radius 1 is 1.30 bits per heavy atom. The maximum Gasteiger partial charge on any atom is 0.311 e. The highest BCUT2D eigenvalue weighted by atomic mass is 16.6. The van der Waals surface area contributed by atoms with Crippen LogP contribution in [0.5, 0.6) is 5.75 Å². The van der Waals surface area contributed by atoms with Gasteiger partial charge in [-0.25, -0.2) is 0 Å². The minimum absolute atomic E-state index is 0.0270. The average molecular weight is 276 g/mol.